The van der Waals surface area contributed by atoms with Gasteiger partial charge in [0.25, 0.3) is 11.5 Å². The van der Waals surface area contributed by atoms with Crippen LogP contribution in [0.4, 0.5) is 10.6 Å². The topological polar surface area (TPSA) is 117 Å². The number of carbonyl (C=O) groups excluding carboxylic acids is 1. The normalized spacial score (nSPS) is 16.7. The second-order valence-electron chi connectivity index (χ2n) is 9.84. The van der Waals surface area contributed by atoms with Crippen LogP contribution in [0.3, 0.4) is 0 Å². The van der Waals surface area contributed by atoms with Crippen LogP contribution in [-0.2, 0) is 0 Å². The molecule has 9 nitrogen and oxygen atoms in total. The summed E-state index contributed by atoms with van der Waals surface area (Å²) in [6.45, 7) is 2.81. The SMILES string of the molecule is Cc1ccc(C(=O)NC2CC2)cc1-n1ccnc(N[C@@H](c2ccccc2)C2CCN(C(=O)O)CC2)c1=O. The van der Waals surface area contributed by atoms with E-state index >= 15 is 0 Å². The largest absolute Gasteiger partial charge is 0.465 e. The molecule has 2 aliphatic rings. The van der Waals surface area contributed by atoms with Gasteiger partial charge in [0.15, 0.2) is 5.82 Å². The number of piperidine rings is 1. The fraction of sp³-hybridized carbons (Fsp3) is 0.357. The highest BCUT2D eigenvalue weighted by Gasteiger charge is 2.30. The smallest absolute Gasteiger partial charge is 0.407 e. The standard InChI is InChI=1S/C28H31N5O4/c1-18-7-8-21(26(34)30-22-9-10-22)17-23(18)33-16-13-29-25(27(33)35)31-24(19-5-3-2-4-6-19)20-11-14-32(15-12-20)28(36)37/h2-8,13,16-17,20,22,24H,9-12,14-15H2,1H3,(H,29,31)(H,30,34)(H,36,37)/t24-/m0/s1. The lowest BCUT2D eigenvalue weighted by Crippen LogP contribution is -2.40. The molecule has 5 rings (SSSR count). The molecule has 9 heteroatoms. The molecule has 1 aromatic heterocycles. The molecule has 2 heterocycles. The first kappa shape index (κ1) is 24.5. The van der Waals surface area contributed by atoms with E-state index in [9.17, 15) is 19.5 Å². The highest BCUT2D eigenvalue weighted by molar-refractivity contribution is 5.95. The second-order valence-corrected chi connectivity index (χ2v) is 9.84. The number of nitrogens with zero attached hydrogens (tertiary/aromatic N) is 3. The summed E-state index contributed by atoms with van der Waals surface area (Å²) in [6.07, 6.45) is 5.64. The predicted octanol–water partition coefficient (Wildman–Crippen LogP) is 3.98. The monoisotopic (exact) mass is 501 g/mol. The van der Waals surface area contributed by atoms with Crippen molar-refractivity contribution in [2.45, 2.75) is 44.7 Å². The third-order valence-corrected chi connectivity index (χ3v) is 7.22. The van der Waals surface area contributed by atoms with Crippen molar-refractivity contribution in [2.24, 2.45) is 5.92 Å². The Bertz CT molecular complexity index is 1340. The van der Waals surface area contributed by atoms with Crippen LogP contribution >= 0.6 is 0 Å². The predicted molar refractivity (Wildman–Crippen MR) is 140 cm³/mol. The molecule has 1 aliphatic heterocycles. The molecule has 3 aromatic rings. The average Bonchev–Trinajstić information content (AvgIpc) is 3.73. The van der Waals surface area contributed by atoms with Crippen LogP contribution in [0.5, 0.6) is 0 Å². The Balaban J connectivity index is 1.44. The molecule has 3 N–H and O–H groups in total. The third-order valence-electron chi connectivity index (χ3n) is 7.22. The van der Waals surface area contributed by atoms with Gasteiger partial charge >= 0.3 is 6.09 Å². The van der Waals surface area contributed by atoms with Gasteiger partial charge in [0.05, 0.1) is 11.7 Å². The maximum absolute atomic E-state index is 13.6. The molecule has 2 amide bonds. The van der Waals surface area contributed by atoms with E-state index < -0.39 is 6.09 Å². The van der Waals surface area contributed by atoms with Crippen LogP contribution in [0.15, 0.2) is 65.7 Å². The fourth-order valence-corrected chi connectivity index (χ4v) is 4.91. The van der Waals surface area contributed by atoms with Crippen molar-refractivity contribution in [1.29, 1.82) is 0 Å². The molecule has 1 saturated heterocycles. The Morgan fingerprint density at radius 1 is 1.05 bits per heavy atom. The van der Waals surface area contributed by atoms with Crippen LogP contribution in [0.25, 0.3) is 5.69 Å². The summed E-state index contributed by atoms with van der Waals surface area (Å²) >= 11 is 0. The van der Waals surface area contributed by atoms with Gasteiger partial charge in [-0.15, -0.1) is 0 Å². The van der Waals surface area contributed by atoms with Gasteiger partial charge in [0, 0.05) is 37.1 Å². The van der Waals surface area contributed by atoms with E-state index in [0.29, 0.717) is 37.2 Å². The molecule has 2 aromatic carbocycles. The minimum atomic E-state index is -0.904. The zero-order valence-corrected chi connectivity index (χ0v) is 20.8. The molecule has 2 fully saturated rings. The summed E-state index contributed by atoms with van der Waals surface area (Å²) in [5.41, 5.74) is 2.71. The number of aryl methyl sites for hydroxylation is 1. The number of anilines is 1. The van der Waals surface area contributed by atoms with Crippen LogP contribution in [-0.4, -0.2) is 50.7 Å². The lowest BCUT2D eigenvalue weighted by molar-refractivity contribution is 0.0950. The van der Waals surface area contributed by atoms with Gasteiger partial charge in [-0.3, -0.25) is 14.2 Å². The van der Waals surface area contributed by atoms with E-state index in [-0.39, 0.29) is 35.3 Å². The molecule has 0 bridgehead atoms. The number of hydrogen-bond acceptors (Lipinski definition) is 5. The minimum Gasteiger partial charge on any atom is -0.465 e. The quantitative estimate of drug-likeness (QED) is 0.451. The summed E-state index contributed by atoms with van der Waals surface area (Å²) in [4.78, 5) is 43.4. The van der Waals surface area contributed by atoms with Crippen molar-refractivity contribution >= 4 is 17.8 Å². The maximum Gasteiger partial charge on any atom is 0.407 e. The van der Waals surface area contributed by atoms with Crippen molar-refractivity contribution in [1.82, 2.24) is 19.8 Å². The number of carboxylic acid groups (broad SMARTS) is 1. The first-order valence-corrected chi connectivity index (χ1v) is 12.7. The summed E-state index contributed by atoms with van der Waals surface area (Å²) in [7, 11) is 0. The van der Waals surface area contributed by atoms with Gasteiger partial charge in [-0.1, -0.05) is 36.4 Å². The lowest BCUT2D eigenvalue weighted by atomic mass is 9.85. The Morgan fingerprint density at radius 2 is 1.78 bits per heavy atom. The third kappa shape index (κ3) is 5.50. The van der Waals surface area contributed by atoms with Crippen LogP contribution < -0.4 is 16.2 Å². The molecule has 0 radical (unpaired) electrons. The van der Waals surface area contributed by atoms with Crippen molar-refractivity contribution in [3.63, 3.8) is 0 Å². The Hall–Kier alpha value is -4.14. The van der Waals surface area contributed by atoms with Crippen molar-refractivity contribution in [2.75, 3.05) is 18.4 Å². The Morgan fingerprint density at radius 3 is 2.46 bits per heavy atom. The minimum absolute atomic E-state index is 0.129. The molecule has 1 aliphatic carbocycles. The Labute approximate surface area is 215 Å². The van der Waals surface area contributed by atoms with E-state index in [0.717, 1.165) is 24.0 Å². The number of carbonyl (C=O) groups is 2. The summed E-state index contributed by atoms with van der Waals surface area (Å²) in [6, 6.07) is 15.3. The van der Waals surface area contributed by atoms with Gasteiger partial charge in [0.2, 0.25) is 0 Å². The first-order valence-electron chi connectivity index (χ1n) is 12.7. The van der Waals surface area contributed by atoms with Gasteiger partial charge in [-0.2, -0.15) is 0 Å². The maximum atomic E-state index is 13.6. The number of hydrogen-bond donors (Lipinski definition) is 3. The average molecular weight is 502 g/mol. The summed E-state index contributed by atoms with van der Waals surface area (Å²) < 4.78 is 1.52. The lowest BCUT2D eigenvalue weighted by Gasteiger charge is -2.35. The summed E-state index contributed by atoms with van der Waals surface area (Å²) in [5.74, 6) is 0.203. The van der Waals surface area contributed by atoms with Gasteiger partial charge in [-0.05, 0) is 61.8 Å². The van der Waals surface area contributed by atoms with E-state index in [1.165, 1.54) is 9.47 Å². The van der Waals surface area contributed by atoms with Gasteiger partial charge < -0.3 is 20.6 Å². The van der Waals surface area contributed by atoms with E-state index in [4.69, 9.17) is 0 Å². The van der Waals surface area contributed by atoms with Crippen LogP contribution in [0.2, 0.25) is 0 Å². The van der Waals surface area contributed by atoms with Crippen LogP contribution in [0.1, 0.15) is 53.2 Å². The highest BCUT2D eigenvalue weighted by Crippen LogP contribution is 2.33. The van der Waals surface area contributed by atoms with Crippen molar-refractivity contribution in [3.05, 3.63) is 88.0 Å². The van der Waals surface area contributed by atoms with Gasteiger partial charge in [-0.25, -0.2) is 9.78 Å². The second kappa shape index (κ2) is 10.5. The van der Waals surface area contributed by atoms with Crippen LogP contribution in [0, 0.1) is 12.8 Å². The number of likely N-dealkylation sites (tertiary alicyclic amines) is 1. The fourth-order valence-electron chi connectivity index (χ4n) is 4.91. The number of rotatable bonds is 7. The Kier molecular flexibility index (Phi) is 6.94. The molecule has 1 atom stereocenters. The first-order chi connectivity index (χ1) is 17.9. The highest BCUT2D eigenvalue weighted by atomic mass is 16.4. The zero-order valence-electron chi connectivity index (χ0n) is 20.8. The number of aromatic nitrogens is 2. The molecule has 192 valence electrons. The number of nitrogens with one attached hydrogen (secondary N) is 2. The number of amides is 2. The zero-order chi connectivity index (χ0) is 25.9. The van der Waals surface area contributed by atoms with Crippen molar-refractivity contribution < 1.29 is 14.7 Å². The van der Waals surface area contributed by atoms with Crippen molar-refractivity contribution in [3.8, 4) is 5.69 Å². The molecular weight excluding hydrogens is 470 g/mol. The molecule has 37 heavy (non-hydrogen) atoms. The molecule has 0 spiro atoms. The molecular formula is C28H31N5O4. The van der Waals surface area contributed by atoms with E-state index in [1.807, 2.05) is 43.3 Å². The summed E-state index contributed by atoms with van der Waals surface area (Å²) in [5, 5.41) is 15.7. The molecule has 1 saturated carbocycles. The van der Waals surface area contributed by atoms with E-state index in [1.54, 1.807) is 24.5 Å². The van der Waals surface area contributed by atoms with E-state index in [2.05, 4.69) is 15.6 Å². The number of benzene rings is 2. The van der Waals surface area contributed by atoms with Gasteiger partial charge in [0.1, 0.15) is 0 Å². The molecule has 0 unspecified atom stereocenters.